The van der Waals surface area contributed by atoms with E-state index in [0.29, 0.717) is 41.7 Å². The van der Waals surface area contributed by atoms with Crippen LogP contribution in [0.1, 0.15) is 37.0 Å². The Labute approximate surface area is 194 Å². The number of benzene rings is 2. The molecular weight excluding hydrogens is 422 g/mol. The van der Waals surface area contributed by atoms with E-state index in [-0.39, 0.29) is 30.2 Å². The first-order valence-electron chi connectivity index (χ1n) is 11.2. The van der Waals surface area contributed by atoms with Crippen LogP contribution in [0.25, 0.3) is 0 Å². The van der Waals surface area contributed by atoms with E-state index in [4.69, 9.17) is 9.47 Å². The zero-order valence-corrected chi connectivity index (χ0v) is 19.6. The van der Waals surface area contributed by atoms with Gasteiger partial charge in [0.1, 0.15) is 0 Å². The largest absolute Gasteiger partial charge is 0.490 e. The minimum Gasteiger partial charge on any atom is -0.490 e. The van der Waals surface area contributed by atoms with Gasteiger partial charge in [-0.2, -0.15) is 0 Å². The monoisotopic (exact) mass is 453 g/mol. The lowest BCUT2D eigenvalue weighted by Gasteiger charge is -2.23. The first kappa shape index (κ1) is 24.1. The second kappa shape index (κ2) is 10.8. The van der Waals surface area contributed by atoms with Gasteiger partial charge in [-0.3, -0.25) is 14.4 Å². The molecule has 0 spiro atoms. The van der Waals surface area contributed by atoms with Crippen LogP contribution >= 0.6 is 0 Å². The van der Waals surface area contributed by atoms with Crippen molar-refractivity contribution in [3.05, 3.63) is 48.0 Å². The molecule has 8 heteroatoms. The van der Waals surface area contributed by atoms with Gasteiger partial charge in [0.25, 0.3) is 5.91 Å². The maximum absolute atomic E-state index is 13.1. The third kappa shape index (κ3) is 6.03. The van der Waals surface area contributed by atoms with E-state index in [9.17, 15) is 14.4 Å². The van der Waals surface area contributed by atoms with Crippen LogP contribution in [-0.2, 0) is 9.59 Å². The summed E-state index contributed by atoms with van der Waals surface area (Å²) in [4.78, 5) is 41.1. The summed E-state index contributed by atoms with van der Waals surface area (Å²) in [5, 5.41) is 2.79. The lowest BCUT2D eigenvalue weighted by atomic mass is 10.1. The molecule has 1 N–H and O–H groups in total. The Morgan fingerprint density at radius 2 is 1.64 bits per heavy atom. The molecule has 0 radical (unpaired) electrons. The molecule has 3 amide bonds. The van der Waals surface area contributed by atoms with Gasteiger partial charge in [-0.15, -0.1) is 0 Å². The summed E-state index contributed by atoms with van der Waals surface area (Å²) in [6, 6.07) is 12.1. The van der Waals surface area contributed by atoms with E-state index >= 15 is 0 Å². The number of hydrogen-bond acceptors (Lipinski definition) is 5. The van der Waals surface area contributed by atoms with E-state index in [1.165, 1.54) is 9.80 Å². The number of ether oxygens (including phenoxy) is 2. The van der Waals surface area contributed by atoms with Crippen molar-refractivity contribution < 1.29 is 23.9 Å². The SMILES string of the molecule is CCOc1ccc(NC(=O)CN(C)C(=O)c2ccccc2N(C)C(=O)C2CC2)cc1OCC. The average molecular weight is 454 g/mol. The van der Waals surface area contributed by atoms with Crippen LogP contribution in [0.5, 0.6) is 11.5 Å². The molecule has 2 aromatic carbocycles. The highest BCUT2D eigenvalue weighted by Gasteiger charge is 2.33. The summed E-state index contributed by atoms with van der Waals surface area (Å²) in [5.74, 6) is 0.508. The fourth-order valence-corrected chi connectivity index (χ4v) is 3.49. The molecule has 2 aromatic rings. The predicted molar refractivity (Wildman–Crippen MR) is 127 cm³/mol. The number of likely N-dealkylation sites (N-methyl/N-ethyl adjacent to an activating group) is 1. The van der Waals surface area contributed by atoms with Gasteiger partial charge in [-0.1, -0.05) is 12.1 Å². The molecule has 0 aliphatic heterocycles. The van der Waals surface area contributed by atoms with Gasteiger partial charge in [0.15, 0.2) is 11.5 Å². The normalized spacial score (nSPS) is 12.6. The first-order valence-corrected chi connectivity index (χ1v) is 11.2. The van der Waals surface area contributed by atoms with Crippen molar-refractivity contribution in [2.75, 3.05) is 44.1 Å². The van der Waals surface area contributed by atoms with Gasteiger partial charge in [0.05, 0.1) is 31.0 Å². The van der Waals surface area contributed by atoms with Gasteiger partial charge < -0.3 is 24.6 Å². The Morgan fingerprint density at radius 1 is 0.970 bits per heavy atom. The van der Waals surface area contributed by atoms with Crippen LogP contribution in [0, 0.1) is 5.92 Å². The van der Waals surface area contributed by atoms with Gasteiger partial charge in [0.2, 0.25) is 11.8 Å². The molecule has 1 aliphatic carbocycles. The van der Waals surface area contributed by atoms with Crippen LogP contribution in [0.2, 0.25) is 0 Å². The summed E-state index contributed by atoms with van der Waals surface area (Å²) in [6.07, 6.45) is 1.77. The minimum atomic E-state index is -0.350. The highest BCUT2D eigenvalue weighted by atomic mass is 16.5. The molecule has 3 rings (SSSR count). The number of nitrogens with zero attached hydrogens (tertiary/aromatic N) is 2. The topological polar surface area (TPSA) is 88.2 Å². The van der Waals surface area contributed by atoms with E-state index < -0.39 is 0 Å². The summed E-state index contributed by atoms with van der Waals surface area (Å²) in [7, 11) is 3.24. The fraction of sp³-hybridized carbons (Fsp3) is 0.400. The molecule has 0 atom stereocenters. The Morgan fingerprint density at radius 3 is 2.30 bits per heavy atom. The molecule has 8 nitrogen and oxygen atoms in total. The molecule has 1 fully saturated rings. The Balaban J connectivity index is 1.67. The lowest BCUT2D eigenvalue weighted by molar-refractivity contribution is -0.119. The molecular formula is C25H31N3O5. The second-order valence-corrected chi connectivity index (χ2v) is 7.93. The maximum Gasteiger partial charge on any atom is 0.256 e. The second-order valence-electron chi connectivity index (χ2n) is 7.93. The summed E-state index contributed by atoms with van der Waals surface area (Å²) in [6.45, 7) is 4.57. The van der Waals surface area contributed by atoms with Gasteiger partial charge in [-0.25, -0.2) is 0 Å². The van der Waals surface area contributed by atoms with Gasteiger partial charge in [0, 0.05) is 31.8 Å². The molecule has 0 aromatic heterocycles. The number of anilines is 2. The van der Waals surface area contributed by atoms with Crippen molar-refractivity contribution in [2.45, 2.75) is 26.7 Å². The van der Waals surface area contributed by atoms with Crippen molar-refractivity contribution in [1.82, 2.24) is 4.90 Å². The fourth-order valence-electron chi connectivity index (χ4n) is 3.49. The Kier molecular flexibility index (Phi) is 7.92. The predicted octanol–water partition coefficient (Wildman–Crippen LogP) is 3.57. The lowest BCUT2D eigenvalue weighted by Crippen LogP contribution is -2.36. The van der Waals surface area contributed by atoms with Crippen molar-refractivity contribution >= 4 is 29.1 Å². The van der Waals surface area contributed by atoms with Crippen LogP contribution in [0.4, 0.5) is 11.4 Å². The molecule has 1 saturated carbocycles. The minimum absolute atomic E-state index is 0.0104. The number of nitrogens with one attached hydrogen (secondary N) is 1. The van der Waals surface area contributed by atoms with Crippen LogP contribution in [0.3, 0.4) is 0 Å². The van der Waals surface area contributed by atoms with Gasteiger partial charge >= 0.3 is 0 Å². The number of para-hydroxylation sites is 1. The maximum atomic E-state index is 13.1. The van der Waals surface area contributed by atoms with Crippen molar-refractivity contribution in [1.29, 1.82) is 0 Å². The smallest absolute Gasteiger partial charge is 0.256 e. The van der Waals surface area contributed by atoms with Crippen molar-refractivity contribution in [2.24, 2.45) is 5.92 Å². The third-order valence-corrected chi connectivity index (χ3v) is 5.31. The third-order valence-electron chi connectivity index (χ3n) is 5.31. The van der Waals surface area contributed by atoms with Crippen molar-refractivity contribution in [3.63, 3.8) is 0 Å². The van der Waals surface area contributed by atoms with Crippen molar-refractivity contribution in [3.8, 4) is 11.5 Å². The quantitative estimate of drug-likeness (QED) is 0.594. The zero-order valence-electron chi connectivity index (χ0n) is 19.6. The van der Waals surface area contributed by atoms with Crippen LogP contribution < -0.4 is 19.7 Å². The highest BCUT2D eigenvalue weighted by molar-refractivity contribution is 6.06. The summed E-state index contributed by atoms with van der Waals surface area (Å²) < 4.78 is 11.1. The Hall–Kier alpha value is -3.55. The van der Waals surface area contributed by atoms with Gasteiger partial charge in [-0.05, 0) is 51.0 Å². The average Bonchev–Trinajstić information content (AvgIpc) is 3.65. The zero-order chi connectivity index (χ0) is 24.0. The molecule has 0 saturated heterocycles. The van der Waals surface area contributed by atoms with Crippen LogP contribution in [0.15, 0.2) is 42.5 Å². The van der Waals surface area contributed by atoms with Crippen LogP contribution in [-0.4, -0.2) is 56.5 Å². The number of carbonyl (C=O) groups excluding carboxylic acids is 3. The van der Waals surface area contributed by atoms with E-state index in [0.717, 1.165) is 12.8 Å². The molecule has 0 heterocycles. The molecule has 0 unspecified atom stereocenters. The van der Waals surface area contributed by atoms with E-state index in [1.54, 1.807) is 56.6 Å². The van der Waals surface area contributed by atoms with E-state index in [2.05, 4.69) is 5.32 Å². The first-order chi connectivity index (χ1) is 15.8. The summed E-state index contributed by atoms with van der Waals surface area (Å²) in [5.41, 5.74) is 1.46. The number of amides is 3. The summed E-state index contributed by atoms with van der Waals surface area (Å²) >= 11 is 0. The standard InChI is InChI=1S/C25H31N3O5/c1-5-32-21-14-13-18(15-22(21)33-6-2)26-23(29)16-27(3)25(31)19-9-7-8-10-20(19)28(4)24(30)17-11-12-17/h7-10,13-15,17H,5-6,11-12,16H2,1-4H3,(H,26,29). The number of hydrogen-bond donors (Lipinski definition) is 1. The number of carbonyl (C=O) groups is 3. The highest BCUT2D eigenvalue weighted by Crippen LogP contribution is 2.33. The molecule has 0 bridgehead atoms. The Bertz CT molecular complexity index is 1020. The molecule has 176 valence electrons. The molecule has 1 aliphatic rings. The van der Waals surface area contributed by atoms with E-state index in [1.807, 2.05) is 13.8 Å². The number of rotatable bonds is 10. The molecule has 33 heavy (non-hydrogen) atoms.